The van der Waals surface area contributed by atoms with E-state index in [9.17, 15) is 9.59 Å². The Kier molecular flexibility index (Phi) is 4.85. The molecule has 2 fully saturated rings. The molecule has 126 valence electrons. The van der Waals surface area contributed by atoms with Gasteiger partial charge in [-0.3, -0.25) is 14.5 Å². The van der Waals surface area contributed by atoms with Crippen LogP contribution in [0.3, 0.4) is 0 Å². The number of rotatable bonds is 7. The Bertz CT molecular complexity index is 569. The number of likely N-dealkylation sites (tertiary alicyclic amines) is 1. The third-order valence-electron chi connectivity index (χ3n) is 4.64. The molecule has 3 rings (SSSR count). The number of aromatic nitrogens is 1. The van der Waals surface area contributed by atoms with E-state index in [1.54, 1.807) is 12.3 Å². The number of amides is 1. The lowest BCUT2D eigenvalue weighted by Gasteiger charge is -2.22. The molecule has 1 amide bonds. The van der Waals surface area contributed by atoms with Gasteiger partial charge in [0.05, 0.1) is 6.54 Å². The molecule has 1 saturated carbocycles. The Balaban J connectivity index is 1.62. The monoisotopic (exact) mass is 317 g/mol. The zero-order chi connectivity index (χ0) is 16.4. The van der Waals surface area contributed by atoms with E-state index >= 15 is 0 Å². The van der Waals surface area contributed by atoms with Crippen LogP contribution in [0.25, 0.3) is 0 Å². The maximum Gasteiger partial charge on any atom is 0.270 e. The Morgan fingerprint density at radius 3 is 2.61 bits per heavy atom. The van der Waals surface area contributed by atoms with Crippen molar-refractivity contribution in [1.29, 1.82) is 0 Å². The predicted octanol–water partition coefficient (Wildman–Crippen LogP) is 2.55. The molecule has 0 aromatic carbocycles. The molecule has 0 atom stereocenters. The Morgan fingerprint density at radius 1 is 1.30 bits per heavy atom. The van der Waals surface area contributed by atoms with Gasteiger partial charge in [0.25, 0.3) is 5.91 Å². The summed E-state index contributed by atoms with van der Waals surface area (Å²) < 4.78 is 0. The zero-order valence-electron chi connectivity index (χ0n) is 14.2. The van der Waals surface area contributed by atoms with Crippen LogP contribution in [0.15, 0.2) is 12.3 Å². The lowest BCUT2D eigenvalue weighted by Crippen LogP contribution is -2.34. The maximum atomic E-state index is 12.5. The van der Waals surface area contributed by atoms with Gasteiger partial charge in [-0.15, -0.1) is 0 Å². The second-order valence-corrected chi connectivity index (χ2v) is 7.28. The molecule has 0 unspecified atom stereocenters. The SMILES string of the molecule is CC(C)CN(CC(=O)c1c[nH]c(C(=O)N2CCCC2)c1)C1CC1. The van der Waals surface area contributed by atoms with Crippen molar-refractivity contribution in [1.82, 2.24) is 14.8 Å². The average molecular weight is 317 g/mol. The van der Waals surface area contributed by atoms with Gasteiger partial charge in [0.2, 0.25) is 0 Å². The molecule has 0 radical (unpaired) electrons. The fraction of sp³-hybridized carbons (Fsp3) is 0.667. The highest BCUT2D eigenvalue weighted by molar-refractivity contribution is 6.01. The summed E-state index contributed by atoms with van der Waals surface area (Å²) in [4.78, 5) is 32.0. The van der Waals surface area contributed by atoms with E-state index in [4.69, 9.17) is 0 Å². The van der Waals surface area contributed by atoms with Crippen LogP contribution in [0.4, 0.5) is 0 Å². The Labute approximate surface area is 138 Å². The molecule has 1 N–H and O–H groups in total. The number of carbonyl (C=O) groups excluding carboxylic acids is 2. The molecular formula is C18H27N3O2. The molecule has 1 aromatic rings. The second-order valence-electron chi connectivity index (χ2n) is 7.28. The summed E-state index contributed by atoms with van der Waals surface area (Å²) in [5, 5.41) is 0. The molecular weight excluding hydrogens is 290 g/mol. The van der Waals surface area contributed by atoms with Gasteiger partial charge in [-0.1, -0.05) is 13.8 Å². The molecule has 5 nitrogen and oxygen atoms in total. The Morgan fingerprint density at radius 2 is 2.00 bits per heavy atom. The minimum Gasteiger partial charge on any atom is -0.356 e. The van der Waals surface area contributed by atoms with Crippen LogP contribution >= 0.6 is 0 Å². The molecule has 1 aliphatic carbocycles. The van der Waals surface area contributed by atoms with Gasteiger partial charge in [0.15, 0.2) is 5.78 Å². The van der Waals surface area contributed by atoms with E-state index < -0.39 is 0 Å². The summed E-state index contributed by atoms with van der Waals surface area (Å²) >= 11 is 0. The van der Waals surface area contributed by atoms with Crippen molar-refractivity contribution in [3.8, 4) is 0 Å². The second kappa shape index (κ2) is 6.87. The fourth-order valence-electron chi connectivity index (χ4n) is 3.30. The highest BCUT2D eigenvalue weighted by Gasteiger charge is 2.31. The van der Waals surface area contributed by atoms with Crippen LogP contribution in [-0.4, -0.2) is 58.7 Å². The minimum absolute atomic E-state index is 0.0165. The molecule has 5 heteroatoms. The first kappa shape index (κ1) is 16.2. The van der Waals surface area contributed by atoms with Gasteiger partial charge in [-0.25, -0.2) is 0 Å². The first-order chi connectivity index (χ1) is 11.0. The summed E-state index contributed by atoms with van der Waals surface area (Å²) in [5.41, 5.74) is 1.17. The van der Waals surface area contributed by atoms with Crippen molar-refractivity contribution in [2.75, 3.05) is 26.2 Å². The summed E-state index contributed by atoms with van der Waals surface area (Å²) in [6.07, 6.45) is 6.23. The number of nitrogens with one attached hydrogen (secondary N) is 1. The van der Waals surface area contributed by atoms with E-state index in [0.717, 1.165) is 32.5 Å². The van der Waals surface area contributed by atoms with Crippen LogP contribution < -0.4 is 0 Å². The number of aromatic amines is 1. The number of Topliss-reactive ketones (excluding diaryl/α,β-unsaturated/α-hetero) is 1. The number of hydrogen-bond acceptors (Lipinski definition) is 3. The van der Waals surface area contributed by atoms with E-state index in [-0.39, 0.29) is 11.7 Å². The maximum absolute atomic E-state index is 12.5. The summed E-state index contributed by atoms with van der Waals surface area (Å²) in [7, 11) is 0. The smallest absolute Gasteiger partial charge is 0.270 e. The van der Waals surface area contributed by atoms with Crippen LogP contribution in [-0.2, 0) is 0 Å². The highest BCUT2D eigenvalue weighted by Crippen LogP contribution is 2.27. The van der Waals surface area contributed by atoms with Gasteiger partial charge in [-0.2, -0.15) is 0 Å². The van der Waals surface area contributed by atoms with Crippen molar-refractivity contribution in [3.63, 3.8) is 0 Å². The number of nitrogens with zero attached hydrogens (tertiary/aromatic N) is 2. The Hall–Kier alpha value is -1.62. The molecule has 23 heavy (non-hydrogen) atoms. The molecule has 0 bridgehead atoms. The van der Waals surface area contributed by atoms with E-state index in [2.05, 4.69) is 23.7 Å². The highest BCUT2D eigenvalue weighted by atomic mass is 16.2. The number of ketones is 1. The van der Waals surface area contributed by atoms with Gasteiger partial charge in [0, 0.05) is 37.4 Å². The van der Waals surface area contributed by atoms with E-state index in [1.165, 1.54) is 12.8 Å². The van der Waals surface area contributed by atoms with Gasteiger partial charge in [0.1, 0.15) is 5.69 Å². The molecule has 0 spiro atoms. The predicted molar refractivity (Wildman–Crippen MR) is 89.7 cm³/mol. The average Bonchev–Trinajstić information content (AvgIpc) is 3.03. The summed E-state index contributed by atoms with van der Waals surface area (Å²) in [6.45, 7) is 7.43. The van der Waals surface area contributed by atoms with Crippen molar-refractivity contribution in [2.24, 2.45) is 5.92 Å². The van der Waals surface area contributed by atoms with Crippen LogP contribution in [0.1, 0.15) is 60.4 Å². The van der Waals surface area contributed by atoms with Crippen LogP contribution in [0.5, 0.6) is 0 Å². The van der Waals surface area contributed by atoms with Crippen LogP contribution in [0, 0.1) is 5.92 Å². The molecule has 1 aliphatic heterocycles. The van der Waals surface area contributed by atoms with Crippen molar-refractivity contribution >= 4 is 11.7 Å². The fourth-order valence-corrected chi connectivity index (χ4v) is 3.30. The van der Waals surface area contributed by atoms with Crippen molar-refractivity contribution in [3.05, 3.63) is 23.5 Å². The lowest BCUT2D eigenvalue weighted by molar-refractivity contribution is 0.0787. The number of hydrogen-bond donors (Lipinski definition) is 1. The van der Waals surface area contributed by atoms with Crippen LogP contribution in [0.2, 0.25) is 0 Å². The van der Waals surface area contributed by atoms with E-state index in [0.29, 0.717) is 29.8 Å². The number of carbonyl (C=O) groups is 2. The van der Waals surface area contributed by atoms with Gasteiger partial charge < -0.3 is 9.88 Å². The van der Waals surface area contributed by atoms with Gasteiger partial charge in [-0.05, 0) is 37.7 Å². The molecule has 2 heterocycles. The topological polar surface area (TPSA) is 56.4 Å². The third-order valence-corrected chi connectivity index (χ3v) is 4.64. The summed E-state index contributed by atoms with van der Waals surface area (Å²) in [6, 6.07) is 2.30. The van der Waals surface area contributed by atoms with Crippen molar-refractivity contribution in [2.45, 2.75) is 45.6 Å². The standard InChI is InChI=1S/C18H27N3O2/c1-13(2)11-21(15-5-6-15)12-17(22)14-9-16(19-10-14)18(23)20-7-3-4-8-20/h9-10,13,15,19H,3-8,11-12H2,1-2H3. The molecule has 1 saturated heterocycles. The lowest BCUT2D eigenvalue weighted by atomic mass is 10.1. The largest absolute Gasteiger partial charge is 0.356 e. The first-order valence-corrected chi connectivity index (χ1v) is 8.79. The first-order valence-electron chi connectivity index (χ1n) is 8.79. The van der Waals surface area contributed by atoms with Gasteiger partial charge >= 0.3 is 0 Å². The van der Waals surface area contributed by atoms with E-state index in [1.807, 2.05) is 4.90 Å². The quantitative estimate of drug-likeness (QED) is 0.786. The third kappa shape index (κ3) is 4.02. The molecule has 2 aliphatic rings. The minimum atomic E-state index is 0.0165. The number of H-pyrrole nitrogens is 1. The van der Waals surface area contributed by atoms with Crippen molar-refractivity contribution < 1.29 is 9.59 Å². The zero-order valence-corrected chi connectivity index (χ0v) is 14.2. The molecule has 1 aromatic heterocycles. The normalized spacial score (nSPS) is 18.2. The summed E-state index contributed by atoms with van der Waals surface area (Å²) in [5.74, 6) is 0.680.